The van der Waals surface area contributed by atoms with Crippen LogP contribution in [-0.4, -0.2) is 25.6 Å². The molecule has 0 saturated heterocycles. The molecule has 1 unspecified atom stereocenters. The lowest BCUT2D eigenvalue weighted by Gasteiger charge is -2.09. The number of nitrogens with one attached hydrogen (secondary N) is 2. The highest BCUT2D eigenvalue weighted by Gasteiger charge is 2.08. The van der Waals surface area contributed by atoms with Gasteiger partial charge in [-0.2, -0.15) is 0 Å². The number of rotatable bonds is 2. The predicted octanol–water partition coefficient (Wildman–Crippen LogP) is 0.129. The van der Waals surface area contributed by atoms with Gasteiger partial charge in [-0.15, -0.1) is 0 Å². The Morgan fingerprint density at radius 1 is 1.73 bits per heavy atom. The summed E-state index contributed by atoms with van der Waals surface area (Å²) >= 11 is 5.05. The van der Waals surface area contributed by atoms with Crippen LogP contribution in [0.25, 0.3) is 11.2 Å². The van der Waals surface area contributed by atoms with Crippen molar-refractivity contribution in [3.8, 4) is 0 Å². The van der Waals surface area contributed by atoms with E-state index in [4.69, 9.17) is 18.0 Å². The van der Waals surface area contributed by atoms with Crippen LogP contribution in [0.15, 0.2) is 11.1 Å². The monoisotopic (exact) mass is 225 g/mol. The fourth-order valence-electron chi connectivity index (χ4n) is 1.44. The third-order valence-corrected chi connectivity index (χ3v) is 2.36. The zero-order chi connectivity index (χ0) is 11.0. The average molecular weight is 225 g/mol. The minimum Gasteiger partial charge on any atom is -0.339 e. The molecule has 2 aromatic rings. The van der Waals surface area contributed by atoms with Gasteiger partial charge >= 0.3 is 0 Å². The van der Waals surface area contributed by atoms with E-state index in [0.717, 1.165) is 0 Å². The summed E-state index contributed by atoms with van der Waals surface area (Å²) in [7, 11) is 0. The van der Waals surface area contributed by atoms with Gasteiger partial charge in [-0.25, -0.2) is 4.98 Å². The molecule has 4 N–H and O–H groups in total. The molecular formula is C8H11N5OS. The molecule has 1 atom stereocenters. The molecule has 0 radical (unpaired) electrons. The predicted molar refractivity (Wildman–Crippen MR) is 59.2 cm³/mol. The van der Waals surface area contributed by atoms with Gasteiger partial charge in [0, 0.05) is 12.6 Å². The van der Waals surface area contributed by atoms with Gasteiger partial charge in [0.1, 0.15) is 5.52 Å². The van der Waals surface area contributed by atoms with E-state index in [9.17, 15) is 4.79 Å². The number of nitrogens with zero attached hydrogens (tertiary/aromatic N) is 2. The Balaban J connectivity index is 2.77. The number of fused-ring (bicyclic) bond motifs is 1. The SMILES string of the molecule is CC(N)Cn1c(=S)[nH]c(=O)c2[nH]cnc21. The third-order valence-electron chi connectivity index (χ3n) is 2.04. The number of hydrogen-bond acceptors (Lipinski definition) is 4. The summed E-state index contributed by atoms with van der Waals surface area (Å²) in [5.41, 5.74) is 6.40. The van der Waals surface area contributed by atoms with Crippen molar-refractivity contribution in [2.24, 2.45) is 5.73 Å². The van der Waals surface area contributed by atoms with Gasteiger partial charge in [0.05, 0.1) is 6.33 Å². The first-order chi connectivity index (χ1) is 7.09. The Morgan fingerprint density at radius 2 is 2.47 bits per heavy atom. The zero-order valence-electron chi connectivity index (χ0n) is 8.15. The van der Waals surface area contributed by atoms with Crippen molar-refractivity contribution in [3.05, 3.63) is 21.5 Å². The standard InChI is InChI=1S/C8H11N5OS/c1-4(9)2-13-6-5(10-3-11-6)7(14)12-8(13)15/h3-4H,2,9H2,1H3,(H,10,11)(H,12,14,15). The van der Waals surface area contributed by atoms with E-state index < -0.39 is 0 Å². The number of hydrogen-bond donors (Lipinski definition) is 3. The summed E-state index contributed by atoms with van der Waals surface area (Å²) < 4.78 is 2.06. The lowest BCUT2D eigenvalue weighted by Crippen LogP contribution is -2.25. The molecule has 2 aromatic heterocycles. The molecule has 0 aliphatic heterocycles. The smallest absolute Gasteiger partial charge is 0.277 e. The summed E-state index contributed by atoms with van der Waals surface area (Å²) in [5.74, 6) is 0. The largest absolute Gasteiger partial charge is 0.339 e. The van der Waals surface area contributed by atoms with Crippen molar-refractivity contribution in [3.63, 3.8) is 0 Å². The number of aromatic amines is 2. The van der Waals surface area contributed by atoms with Gasteiger partial charge in [-0.1, -0.05) is 0 Å². The Hall–Kier alpha value is -1.47. The molecule has 2 heterocycles. The van der Waals surface area contributed by atoms with Crippen LogP contribution in [-0.2, 0) is 6.54 Å². The number of imidazole rings is 1. The fourth-order valence-corrected chi connectivity index (χ4v) is 1.69. The zero-order valence-corrected chi connectivity index (χ0v) is 8.97. The van der Waals surface area contributed by atoms with Gasteiger partial charge in [-0.05, 0) is 19.1 Å². The molecule has 0 saturated carbocycles. The van der Waals surface area contributed by atoms with E-state index >= 15 is 0 Å². The first-order valence-electron chi connectivity index (χ1n) is 4.51. The van der Waals surface area contributed by atoms with E-state index in [1.54, 1.807) is 4.57 Å². The van der Waals surface area contributed by atoms with Crippen LogP contribution in [0.1, 0.15) is 6.92 Å². The van der Waals surface area contributed by atoms with Crippen molar-refractivity contribution in [1.82, 2.24) is 19.5 Å². The Labute approximate surface area is 90.1 Å². The first kappa shape index (κ1) is 10.1. The minimum atomic E-state index is -0.256. The summed E-state index contributed by atoms with van der Waals surface area (Å²) in [5, 5.41) is 0. The second-order valence-electron chi connectivity index (χ2n) is 3.45. The van der Waals surface area contributed by atoms with Crippen molar-refractivity contribution < 1.29 is 0 Å². The maximum atomic E-state index is 11.5. The second kappa shape index (κ2) is 3.59. The summed E-state index contributed by atoms with van der Waals surface area (Å²) in [4.78, 5) is 20.9. The minimum absolute atomic E-state index is 0.0532. The number of nitrogens with two attached hydrogens (primary N) is 1. The van der Waals surface area contributed by atoms with Gasteiger partial charge in [0.2, 0.25) is 0 Å². The molecule has 0 spiro atoms. The highest BCUT2D eigenvalue weighted by molar-refractivity contribution is 7.71. The molecule has 0 aliphatic rings. The number of H-pyrrole nitrogens is 2. The van der Waals surface area contributed by atoms with Gasteiger partial charge < -0.3 is 10.7 Å². The molecule has 80 valence electrons. The summed E-state index contributed by atoms with van der Waals surface area (Å²) in [6.07, 6.45) is 1.46. The Morgan fingerprint density at radius 3 is 3.13 bits per heavy atom. The quantitative estimate of drug-likeness (QED) is 0.633. The van der Waals surface area contributed by atoms with Crippen molar-refractivity contribution in [2.45, 2.75) is 19.5 Å². The van der Waals surface area contributed by atoms with E-state index in [0.29, 0.717) is 22.5 Å². The third kappa shape index (κ3) is 1.71. The fraction of sp³-hybridized carbons (Fsp3) is 0.375. The molecule has 7 heteroatoms. The molecule has 0 aliphatic carbocycles. The van der Waals surface area contributed by atoms with Crippen molar-refractivity contribution in [1.29, 1.82) is 0 Å². The normalized spacial score (nSPS) is 13.2. The second-order valence-corrected chi connectivity index (χ2v) is 3.84. The molecule has 6 nitrogen and oxygen atoms in total. The highest BCUT2D eigenvalue weighted by Crippen LogP contribution is 2.04. The molecule has 15 heavy (non-hydrogen) atoms. The van der Waals surface area contributed by atoms with Crippen molar-refractivity contribution >= 4 is 23.4 Å². The van der Waals surface area contributed by atoms with Gasteiger partial charge in [0.25, 0.3) is 5.56 Å². The number of aromatic nitrogens is 4. The van der Waals surface area contributed by atoms with Crippen LogP contribution >= 0.6 is 12.2 Å². The van der Waals surface area contributed by atoms with E-state index in [-0.39, 0.29) is 11.6 Å². The maximum absolute atomic E-state index is 11.5. The van der Waals surface area contributed by atoms with Crippen LogP contribution in [0.2, 0.25) is 0 Å². The van der Waals surface area contributed by atoms with Crippen LogP contribution in [0.5, 0.6) is 0 Å². The van der Waals surface area contributed by atoms with Crippen molar-refractivity contribution in [2.75, 3.05) is 0 Å². The maximum Gasteiger partial charge on any atom is 0.277 e. The molecular weight excluding hydrogens is 214 g/mol. The molecule has 0 amide bonds. The highest BCUT2D eigenvalue weighted by atomic mass is 32.1. The topological polar surface area (TPSA) is 92.5 Å². The van der Waals surface area contributed by atoms with E-state index in [1.165, 1.54) is 6.33 Å². The van der Waals surface area contributed by atoms with Crippen LogP contribution in [0.4, 0.5) is 0 Å². The van der Waals surface area contributed by atoms with E-state index in [1.807, 2.05) is 6.92 Å². The van der Waals surface area contributed by atoms with E-state index in [2.05, 4.69) is 15.0 Å². The first-order valence-corrected chi connectivity index (χ1v) is 4.92. The molecule has 0 aromatic carbocycles. The van der Waals surface area contributed by atoms with Crippen LogP contribution in [0.3, 0.4) is 0 Å². The summed E-state index contributed by atoms with van der Waals surface area (Å²) in [6, 6.07) is -0.0532. The van der Waals surface area contributed by atoms with Crippen LogP contribution < -0.4 is 11.3 Å². The van der Waals surface area contributed by atoms with Gasteiger partial charge in [0.15, 0.2) is 10.4 Å². The molecule has 0 fully saturated rings. The summed E-state index contributed by atoms with van der Waals surface area (Å²) in [6.45, 7) is 2.39. The van der Waals surface area contributed by atoms with Crippen LogP contribution in [0, 0.1) is 4.77 Å². The Kier molecular flexibility index (Phi) is 2.41. The molecule has 2 rings (SSSR count). The lowest BCUT2D eigenvalue weighted by atomic mass is 10.3. The lowest BCUT2D eigenvalue weighted by molar-refractivity contribution is 0.585. The Bertz CT molecular complexity index is 593. The van der Waals surface area contributed by atoms with Gasteiger partial charge in [-0.3, -0.25) is 14.3 Å². The average Bonchev–Trinajstić information content (AvgIpc) is 2.60. The molecule has 0 bridgehead atoms.